The van der Waals surface area contributed by atoms with Crippen LogP contribution in [0.15, 0.2) is 36.4 Å². The molecule has 2 rings (SSSR count). The first-order valence-electron chi connectivity index (χ1n) is 7.26. The second kappa shape index (κ2) is 8.18. The van der Waals surface area contributed by atoms with Crippen molar-refractivity contribution in [3.8, 4) is 11.8 Å². The average molecular weight is 359 g/mol. The van der Waals surface area contributed by atoms with Gasteiger partial charge in [-0.3, -0.25) is 4.79 Å². The van der Waals surface area contributed by atoms with Gasteiger partial charge in [0.2, 0.25) is 0 Å². The molecule has 0 aliphatic carbocycles. The number of hydrogen-bond acceptors (Lipinski definition) is 5. The zero-order valence-corrected chi connectivity index (χ0v) is 14.4. The van der Waals surface area contributed by atoms with Crippen molar-refractivity contribution in [2.45, 2.75) is 6.92 Å². The van der Waals surface area contributed by atoms with Crippen LogP contribution in [-0.4, -0.2) is 25.6 Å². The molecule has 7 heteroatoms. The van der Waals surface area contributed by atoms with Gasteiger partial charge < -0.3 is 14.8 Å². The van der Waals surface area contributed by atoms with E-state index in [-0.39, 0.29) is 5.56 Å². The van der Waals surface area contributed by atoms with Crippen LogP contribution in [0.3, 0.4) is 0 Å². The summed E-state index contributed by atoms with van der Waals surface area (Å²) in [5.41, 5.74) is 1.73. The molecule has 6 nitrogen and oxygen atoms in total. The summed E-state index contributed by atoms with van der Waals surface area (Å²) in [7, 11) is 1.46. The molecule has 1 N–H and O–H groups in total. The van der Waals surface area contributed by atoms with Crippen molar-refractivity contribution < 1.29 is 19.1 Å². The Labute approximate surface area is 149 Å². The van der Waals surface area contributed by atoms with Crippen LogP contribution in [0.5, 0.6) is 5.75 Å². The number of aryl methyl sites for hydroxylation is 1. The summed E-state index contributed by atoms with van der Waals surface area (Å²) in [5, 5.41) is 11.9. The molecule has 0 bridgehead atoms. The number of methoxy groups -OCH3 is 1. The fourth-order valence-electron chi connectivity index (χ4n) is 2.05. The molecular formula is C18H15ClN2O4. The van der Waals surface area contributed by atoms with E-state index < -0.39 is 18.5 Å². The number of esters is 1. The number of ether oxygens (including phenoxy) is 2. The maximum Gasteiger partial charge on any atom is 0.338 e. The quantitative estimate of drug-likeness (QED) is 0.828. The molecular weight excluding hydrogens is 344 g/mol. The predicted molar refractivity (Wildman–Crippen MR) is 92.8 cm³/mol. The maximum atomic E-state index is 12.0. The Morgan fingerprint density at radius 3 is 2.72 bits per heavy atom. The van der Waals surface area contributed by atoms with Crippen LogP contribution >= 0.6 is 11.6 Å². The Balaban J connectivity index is 2.00. The van der Waals surface area contributed by atoms with Crippen molar-refractivity contribution in [3.05, 3.63) is 58.1 Å². The summed E-state index contributed by atoms with van der Waals surface area (Å²) in [6, 6.07) is 11.2. The molecule has 0 fully saturated rings. The second-order valence-electron chi connectivity index (χ2n) is 5.12. The molecule has 0 atom stereocenters. The van der Waals surface area contributed by atoms with Crippen molar-refractivity contribution >= 4 is 29.2 Å². The van der Waals surface area contributed by atoms with Gasteiger partial charge in [0.1, 0.15) is 5.75 Å². The number of anilines is 1. The van der Waals surface area contributed by atoms with Gasteiger partial charge >= 0.3 is 5.97 Å². The van der Waals surface area contributed by atoms with Gasteiger partial charge in [0.05, 0.1) is 30.0 Å². The minimum atomic E-state index is -0.688. The Hall–Kier alpha value is -3.04. The number of nitrogens with one attached hydrogen (secondary N) is 1. The largest absolute Gasteiger partial charge is 0.495 e. The molecule has 1 amide bonds. The number of carbonyl (C=O) groups is 2. The van der Waals surface area contributed by atoms with E-state index in [9.17, 15) is 9.59 Å². The zero-order valence-electron chi connectivity index (χ0n) is 13.6. The van der Waals surface area contributed by atoms with Crippen LogP contribution in [-0.2, 0) is 9.53 Å². The highest BCUT2D eigenvalue weighted by Gasteiger charge is 2.13. The van der Waals surface area contributed by atoms with Gasteiger partial charge in [0, 0.05) is 11.1 Å². The lowest BCUT2D eigenvalue weighted by molar-refractivity contribution is -0.119. The molecule has 2 aromatic carbocycles. The molecule has 0 spiro atoms. The Kier molecular flexibility index (Phi) is 5.98. The highest BCUT2D eigenvalue weighted by molar-refractivity contribution is 6.31. The molecule has 0 aliphatic heterocycles. The fourth-order valence-corrected chi connectivity index (χ4v) is 2.20. The number of hydrogen-bond donors (Lipinski definition) is 1. The van der Waals surface area contributed by atoms with E-state index in [1.807, 2.05) is 6.07 Å². The third kappa shape index (κ3) is 4.72. The van der Waals surface area contributed by atoms with Crippen molar-refractivity contribution in [3.63, 3.8) is 0 Å². The van der Waals surface area contributed by atoms with E-state index in [0.717, 1.165) is 5.56 Å². The van der Waals surface area contributed by atoms with E-state index in [1.165, 1.54) is 19.2 Å². The molecule has 0 aromatic heterocycles. The van der Waals surface area contributed by atoms with Gasteiger partial charge in [-0.1, -0.05) is 17.7 Å². The lowest BCUT2D eigenvalue weighted by Crippen LogP contribution is -2.21. The summed E-state index contributed by atoms with van der Waals surface area (Å²) in [6.07, 6.45) is 0. The number of amides is 1. The summed E-state index contributed by atoms with van der Waals surface area (Å²) in [5.74, 6) is -0.812. The Morgan fingerprint density at radius 1 is 1.28 bits per heavy atom. The first-order valence-corrected chi connectivity index (χ1v) is 7.63. The number of halogens is 1. The van der Waals surface area contributed by atoms with Crippen LogP contribution < -0.4 is 10.1 Å². The highest BCUT2D eigenvalue weighted by atomic mass is 35.5. The van der Waals surface area contributed by atoms with Gasteiger partial charge in [-0.15, -0.1) is 0 Å². The molecule has 0 unspecified atom stereocenters. The number of nitriles is 1. The molecule has 0 saturated heterocycles. The van der Waals surface area contributed by atoms with E-state index in [0.29, 0.717) is 22.0 Å². The molecule has 2 aromatic rings. The summed E-state index contributed by atoms with van der Waals surface area (Å²) in [4.78, 5) is 23.9. The minimum absolute atomic E-state index is 0.201. The number of carbonyl (C=O) groups excluding carboxylic acids is 2. The third-order valence-corrected chi connectivity index (χ3v) is 3.72. The maximum absolute atomic E-state index is 12.0. The monoisotopic (exact) mass is 358 g/mol. The Bertz CT molecular complexity index is 859. The van der Waals surface area contributed by atoms with Crippen LogP contribution in [0, 0.1) is 18.3 Å². The van der Waals surface area contributed by atoms with Gasteiger partial charge in [-0.2, -0.15) is 5.26 Å². The Morgan fingerprint density at radius 2 is 2.04 bits per heavy atom. The summed E-state index contributed by atoms with van der Waals surface area (Å²) >= 11 is 6.01. The fraction of sp³-hybridized carbons (Fsp3) is 0.167. The van der Waals surface area contributed by atoms with Crippen LogP contribution in [0.4, 0.5) is 5.69 Å². The average Bonchev–Trinajstić information content (AvgIpc) is 2.62. The van der Waals surface area contributed by atoms with Crippen LogP contribution in [0.25, 0.3) is 0 Å². The van der Waals surface area contributed by atoms with E-state index in [4.69, 9.17) is 26.3 Å². The van der Waals surface area contributed by atoms with E-state index in [1.54, 1.807) is 31.2 Å². The number of rotatable bonds is 5. The molecule has 25 heavy (non-hydrogen) atoms. The van der Waals surface area contributed by atoms with Gasteiger partial charge in [-0.05, 0) is 36.8 Å². The lowest BCUT2D eigenvalue weighted by Gasteiger charge is -2.12. The van der Waals surface area contributed by atoms with E-state index in [2.05, 4.69) is 5.32 Å². The number of nitrogens with zero attached hydrogens (tertiary/aromatic N) is 1. The van der Waals surface area contributed by atoms with Gasteiger partial charge in [0.15, 0.2) is 6.61 Å². The molecule has 0 heterocycles. The third-order valence-electron chi connectivity index (χ3n) is 3.32. The molecule has 0 saturated carbocycles. The highest BCUT2D eigenvalue weighted by Crippen LogP contribution is 2.30. The second-order valence-corrected chi connectivity index (χ2v) is 5.53. The summed E-state index contributed by atoms with van der Waals surface area (Å²) < 4.78 is 10.1. The smallest absolute Gasteiger partial charge is 0.338 e. The van der Waals surface area contributed by atoms with E-state index >= 15 is 0 Å². The zero-order chi connectivity index (χ0) is 18.4. The van der Waals surface area contributed by atoms with Gasteiger partial charge in [-0.25, -0.2) is 4.79 Å². The molecule has 0 aliphatic rings. The normalized spacial score (nSPS) is 9.84. The van der Waals surface area contributed by atoms with Crippen molar-refractivity contribution in [1.29, 1.82) is 5.26 Å². The first kappa shape index (κ1) is 18.3. The van der Waals surface area contributed by atoms with Crippen LogP contribution in [0.1, 0.15) is 21.5 Å². The standard InChI is InChI=1S/C18H15ClN2O4/c1-11-6-15(16(24-2)8-14(11)19)21-17(22)10-25-18(23)13-5-3-4-12(7-13)9-20/h3-8H,10H2,1-2H3,(H,21,22). The topological polar surface area (TPSA) is 88.4 Å². The van der Waals surface area contributed by atoms with Crippen molar-refractivity contribution in [1.82, 2.24) is 0 Å². The minimum Gasteiger partial charge on any atom is -0.495 e. The summed E-state index contributed by atoms with van der Waals surface area (Å²) in [6.45, 7) is 1.32. The van der Waals surface area contributed by atoms with Crippen LogP contribution in [0.2, 0.25) is 5.02 Å². The number of benzene rings is 2. The lowest BCUT2D eigenvalue weighted by atomic mass is 10.1. The molecule has 128 valence electrons. The predicted octanol–water partition coefficient (Wildman–Crippen LogP) is 3.32. The van der Waals surface area contributed by atoms with Gasteiger partial charge in [0.25, 0.3) is 5.91 Å². The first-order chi connectivity index (χ1) is 11.9. The van der Waals surface area contributed by atoms with Crippen molar-refractivity contribution in [2.75, 3.05) is 19.0 Å². The SMILES string of the molecule is COc1cc(Cl)c(C)cc1NC(=O)COC(=O)c1cccc(C#N)c1. The van der Waals surface area contributed by atoms with Crippen molar-refractivity contribution in [2.24, 2.45) is 0 Å². The molecule has 0 radical (unpaired) electrons.